The van der Waals surface area contributed by atoms with E-state index in [1.54, 1.807) is 26.4 Å². The van der Waals surface area contributed by atoms with Crippen molar-refractivity contribution in [3.63, 3.8) is 0 Å². The molecule has 1 aromatic carbocycles. The summed E-state index contributed by atoms with van der Waals surface area (Å²) in [5.74, 6) is 1.31. The van der Waals surface area contributed by atoms with Crippen LogP contribution in [0.15, 0.2) is 24.3 Å². The maximum absolute atomic E-state index is 11.9. The van der Waals surface area contributed by atoms with Gasteiger partial charge in [-0.15, -0.1) is 0 Å². The Labute approximate surface area is 119 Å². The van der Waals surface area contributed by atoms with Crippen LogP contribution in [0.1, 0.15) is 31.2 Å². The van der Waals surface area contributed by atoms with E-state index in [0.717, 1.165) is 18.4 Å². The van der Waals surface area contributed by atoms with E-state index in [-0.39, 0.29) is 5.91 Å². The normalized spacial score (nSPS) is 15.5. The fourth-order valence-electron chi connectivity index (χ4n) is 2.52. The van der Waals surface area contributed by atoms with Crippen molar-refractivity contribution in [1.82, 2.24) is 5.32 Å². The molecule has 1 saturated carbocycles. The first-order valence-corrected chi connectivity index (χ1v) is 6.94. The van der Waals surface area contributed by atoms with Crippen molar-refractivity contribution < 1.29 is 14.3 Å². The molecule has 0 radical (unpaired) electrons. The van der Waals surface area contributed by atoms with Crippen LogP contribution in [-0.4, -0.2) is 26.2 Å². The van der Waals surface area contributed by atoms with E-state index < -0.39 is 0 Å². The number of hydrogen-bond acceptors (Lipinski definition) is 3. The van der Waals surface area contributed by atoms with Crippen LogP contribution >= 0.6 is 0 Å². The Morgan fingerprint density at radius 3 is 2.35 bits per heavy atom. The van der Waals surface area contributed by atoms with Crippen LogP contribution in [-0.2, 0) is 4.79 Å². The Hall–Kier alpha value is -1.97. The van der Waals surface area contributed by atoms with Crippen LogP contribution in [0.3, 0.4) is 0 Å². The molecule has 4 nitrogen and oxygen atoms in total. The average Bonchev–Trinajstić information content (AvgIpc) is 2.97. The van der Waals surface area contributed by atoms with Gasteiger partial charge in [-0.25, -0.2) is 0 Å². The van der Waals surface area contributed by atoms with Crippen molar-refractivity contribution in [2.45, 2.75) is 31.7 Å². The van der Waals surface area contributed by atoms with Gasteiger partial charge in [-0.05, 0) is 31.1 Å². The summed E-state index contributed by atoms with van der Waals surface area (Å²) in [6, 6.07) is 5.87. The van der Waals surface area contributed by atoms with Crippen molar-refractivity contribution in [3.8, 4) is 11.5 Å². The molecule has 1 aliphatic carbocycles. The van der Waals surface area contributed by atoms with Crippen LogP contribution in [0.4, 0.5) is 0 Å². The number of methoxy groups -OCH3 is 2. The molecule has 0 aromatic heterocycles. The topological polar surface area (TPSA) is 47.6 Å². The monoisotopic (exact) mass is 275 g/mol. The number of hydrogen-bond donors (Lipinski definition) is 1. The Morgan fingerprint density at radius 2 is 1.80 bits per heavy atom. The highest BCUT2D eigenvalue weighted by molar-refractivity contribution is 5.92. The third-order valence-corrected chi connectivity index (χ3v) is 3.57. The highest BCUT2D eigenvalue weighted by atomic mass is 16.5. The van der Waals surface area contributed by atoms with Crippen molar-refractivity contribution in [2.75, 3.05) is 14.2 Å². The molecule has 0 spiro atoms. The Balaban J connectivity index is 2.07. The lowest BCUT2D eigenvalue weighted by molar-refractivity contribution is -0.117. The van der Waals surface area contributed by atoms with Crippen LogP contribution in [0.5, 0.6) is 11.5 Å². The maximum atomic E-state index is 11.9. The molecule has 4 heteroatoms. The standard InChI is InChI=1S/C16H21NO3/c1-19-14-8-5-9-15(20-2)13(14)10-11-16(18)17-12-6-3-4-7-12/h5,8-12H,3-4,6-7H2,1-2H3,(H,17,18). The van der Waals surface area contributed by atoms with Gasteiger partial charge in [0.1, 0.15) is 11.5 Å². The first kappa shape index (κ1) is 14.4. The summed E-state index contributed by atoms with van der Waals surface area (Å²) in [7, 11) is 3.20. The van der Waals surface area contributed by atoms with Crippen molar-refractivity contribution in [3.05, 3.63) is 29.8 Å². The summed E-state index contributed by atoms with van der Waals surface area (Å²) in [6.07, 6.45) is 7.85. The first-order valence-electron chi connectivity index (χ1n) is 6.94. The molecule has 1 N–H and O–H groups in total. The predicted molar refractivity (Wildman–Crippen MR) is 79.0 cm³/mol. The molecule has 20 heavy (non-hydrogen) atoms. The predicted octanol–water partition coefficient (Wildman–Crippen LogP) is 2.78. The molecule has 0 heterocycles. The van der Waals surface area contributed by atoms with E-state index in [2.05, 4.69) is 5.32 Å². The van der Waals surface area contributed by atoms with E-state index in [1.807, 2.05) is 18.2 Å². The zero-order valence-corrected chi connectivity index (χ0v) is 12.0. The van der Waals surface area contributed by atoms with Gasteiger partial charge >= 0.3 is 0 Å². The van der Waals surface area contributed by atoms with Gasteiger partial charge < -0.3 is 14.8 Å². The van der Waals surface area contributed by atoms with Gasteiger partial charge in [0.2, 0.25) is 5.91 Å². The van der Waals surface area contributed by atoms with Crippen LogP contribution in [0.2, 0.25) is 0 Å². The highest BCUT2D eigenvalue weighted by Crippen LogP contribution is 2.29. The molecule has 1 fully saturated rings. The molecule has 0 unspecified atom stereocenters. The molecule has 108 valence electrons. The summed E-state index contributed by atoms with van der Waals surface area (Å²) >= 11 is 0. The lowest BCUT2D eigenvalue weighted by Crippen LogP contribution is -2.30. The number of nitrogens with one attached hydrogen (secondary N) is 1. The lowest BCUT2D eigenvalue weighted by Gasteiger charge is -2.11. The van der Waals surface area contributed by atoms with Crippen molar-refractivity contribution >= 4 is 12.0 Å². The smallest absolute Gasteiger partial charge is 0.244 e. The van der Waals surface area contributed by atoms with E-state index in [4.69, 9.17) is 9.47 Å². The molecule has 0 aliphatic heterocycles. The van der Waals surface area contributed by atoms with E-state index in [0.29, 0.717) is 17.5 Å². The Kier molecular flexibility index (Phi) is 5.04. The third kappa shape index (κ3) is 3.53. The van der Waals surface area contributed by atoms with Crippen LogP contribution < -0.4 is 14.8 Å². The average molecular weight is 275 g/mol. The molecule has 1 aliphatic rings. The van der Waals surface area contributed by atoms with E-state index in [1.165, 1.54) is 12.8 Å². The lowest BCUT2D eigenvalue weighted by atomic mass is 10.1. The van der Waals surface area contributed by atoms with Gasteiger partial charge in [-0.2, -0.15) is 0 Å². The summed E-state index contributed by atoms with van der Waals surface area (Å²) in [4.78, 5) is 11.9. The molecular formula is C16H21NO3. The largest absolute Gasteiger partial charge is 0.496 e. The van der Waals surface area contributed by atoms with Crippen LogP contribution in [0, 0.1) is 0 Å². The Bertz CT molecular complexity index is 468. The summed E-state index contributed by atoms with van der Waals surface area (Å²) in [6.45, 7) is 0. The second-order valence-electron chi connectivity index (χ2n) is 4.90. The van der Waals surface area contributed by atoms with Gasteiger partial charge in [-0.1, -0.05) is 18.9 Å². The SMILES string of the molecule is COc1cccc(OC)c1C=CC(=O)NC1CCCC1. The molecule has 0 bridgehead atoms. The summed E-state index contributed by atoms with van der Waals surface area (Å²) in [5, 5.41) is 3.02. The molecule has 1 amide bonds. The fraction of sp³-hybridized carbons (Fsp3) is 0.438. The number of benzene rings is 1. The fourth-order valence-corrected chi connectivity index (χ4v) is 2.52. The first-order chi connectivity index (χ1) is 9.74. The number of rotatable bonds is 5. The Morgan fingerprint density at radius 1 is 1.20 bits per heavy atom. The molecule has 0 saturated heterocycles. The quantitative estimate of drug-likeness (QED) is 0.841. The number of carbonyl (C=O) groups excluding carboxylic acids is 1. The minimum atomic E-state index is -0.0649. The zero-order valence-electron chi connectivity index (χ0n) is 12.0. The van der Waals surface area contributed by atoms with Crippen molar-refractivity contribution in [2.24, 2.45) is 0 Å². The second kappa shape index (κ2) is 6.98. The van der Waals surface area contributed by atoms with Crippen LogP contribution in [0.25, 0.3) is 6.08 Å². The number of ether oxygens (including phenoxy) is 2. The molecule has 1 aromatic rings. The summed E-state index contributed by atoms with van der Waals surface area (Å²) < 4.78 is 10.6. The van der Waals surface area contributed by atoms with E-state index >= 15 is 0 Å². The maximum Gasteiger partial charge on any atom is 0.244 e. The van der Waals surface area contributed by atoms with E-state index in [9.17, 15) is 4.79 Å². The minimum absolute atomic E-state index is 0.0649. The van der Waals surface area contributed by atoms with Gasteiger partial charge in [0.25, 0.3) is 0 Å². The molecule has 0 atom stereocenters. The molecular weight excluding hydrogens is 254 g/mol. The van der Waals surface area contributed by atoms with Gasteiger partial charge in [0.05, 0.1) is 19.8 Å². The zero-order chi connectivity index (χ0) is 14.4. The van der Waals surface area contributed by atoms with Gasteiger partial charge in [0.15, 0.2) is 0 Å². The van der Waals surface area contributed by atoms with Gasteiger partial charge in [-0.3, -0.25) is 4.79 Å². The summed E-state index contributed by atoms with van der Waals surface area (Å²) in [5.41, 5.74) is 0.777. The second-order valence-corrected chi connectivity index (χ2v) is 4.90. The van der Waals surface area contributed by atoms with Gasteiger partial charge in [0, 0.05) is 12.1 Å². The highest BCUT2D eigenvalue weighted by Gasteiger charge is 2.16. The van der Waals surface area contributed by atoms with Crippen molar-refractivity contribution in [1.29, 1.82) is 0 Å². The minimum Gasteiger partial charge on any atom is -0.496 e. The third-order valence-electron chi connectivity index (χ3n) is 3.57. The number of carbonyl (C=O) groups is 1. The molecule has 2 rings (SSSR count). The number of amides is 1.